The third kappa shape index (κ3) is 1.85. The van der Waals surface area contributed by atoms with Gasteiger partial charge in [-0.1, -0.05) is 0 Å². The topological polar surface area (TPSA) is 15.5 Å². The maximum atomic E-state index is 5.23. The monoisotopic (exact) mass is 160 g/mol. The van der Waals surface area contributed by atoms with E-state index >= 15 is 0 Å². The lowest BCUT2D eigenvalue weighted by Crippen LogP contribution is -2.31. The molecule has 0 unspecified atom stereocenters. The molecule has 0 amide bonds. The molecule has 2 aliphatic rings. The first-order valence-corrected chi connectivity index (χ1v) is 4.44. The van der Waals surface area contributed by atoms with Crippen LogP contribution in [0.5, 0.6) is 0 Å². The summed E-state index contributed by atoms with van der Waals surface area (Å²) in [4.78, 5) is 0. The lowest BCUT2D eigenvalue weighted by Gasteiger charge is -2.24. The van der Waals surface area contributed by atoms with E-state index in [-0.39, 0.29) is 0 Å². The Balaban J connectivity index is 1.69. The van der Waals surface area contributed by atoms with Gasteiger partial charge in [-0.3, -0.25) is 0 Å². The normalized spacial score (nSPS) is 28.8. The van der Waals surface area contributed by atoms with E-state index in [1.165, 1.54) is 13.1 Å². The van der Waals surface area contributed by atoms with Crippen molar-refractivity contribution in [1.29, 1.82) is 0 Å². The Morgan fingerprint density at radius 1 is 0.900 bits per heavy atom. The van der Waals surface area contributed by atoms with Gasteiger partial charge in [-0.25, -0.2) is 8.61 Å². The van der Waals surface area contributed by atoms with Gasteiger partial charge in [-0.2, -0.15) is 0 Å². The van der Waals surface area contributed by atoms with E-state index in [1.54, 1.807) is 0 Å². The van der Waals surface area contributed by atoms with Crippen molar-refractivity contribution >= 4 is 12.1 Å². The van der Waals surface area contributed by atoms with Gasteiger partial charge in [0.1, 0.15) is 0 Å². The summed E-state index contributed by atoms with van der Waals surface area (Å²) in [7, 11) is 0. The van der Waals surface area contributed by atoms with Crippen LogP contribution in [0.25, 0.3) is 0 Å². The second-order valence-electron chi connectivity index (χ2n) is 2.55. The fourth-order valence-electron chi connectivity index (χ4n) is 0.914. The molecule has 4 heteroatoms. The standard InChI is InChI=1S/C6H12N2OS/c1-2-7(1)10-8-3-5-9-6-4-8/h1-6H2. The number of hydrogen-bond donors (Lipinski definition) is 0. The lowest BCUT2D eigenvalue weighted by atomic mass is 10.5. The smallest absolute Gasteiger partial charge is 0.0603 e. The molecule has 2 aliphatic heterocycles. The van der Waals surface area contributed by atoms with E-state index in [9.17, 15) is 0 Å². The minimum atomic E-state index is 0.904. The highest BCUT2D eigenvalue weighted by atomic mass is 32.2. The van der Waals surface area contributed by atoms with Crippen LogP contribution in [0.15, 0.2) is 0 Å². The van der Waals surface area contributed by atoms with Gasteiger partial charge in [-0.05, 0) is 0 Å². The van der Waals surface area contributed by atoms with Gasteiger partial charge in [-0.15, -0.1) is 0 Å². The number of rotatable bonds is 2. The second-order valence-corrected chi connectivity index (χ2v) is 3.75. The van der Waals surface area contributed by atoms with Crippen molar-refractivity contribution < 1.29 is 4.74 Å². The fourth-order valence-corrected chi connectivity index (χ4v) is 1.80. The molecule has 0 aromatic rings. The van der Waals surface area contributed by atoms with E-state index in [1.807, 2.05) is 12.1 Å². The van der Waals surface area contributed by atoms with Crippen molar-refractivity contribution in [3.8, 4) is 0 Å². The van der Waals surface area contributed by atoms with Crippen molar-refractivity contribution in [3.05, 3.63) is 0 Å². The highest BCUT2D eigenvalue weighted by Crippen LogP contribution is 2.23. The summed E-state index contributed by atoms with van der Waals surface area (Å²) in [5, 5.41) is 0. The van der Waals surface area contributed by atoms with Crippen LogP contribution in [0.1, 0.15) is 0 Å². The average molecular weight is 160 g/mol. The molecule has 0 saturated carbocycles. The van der Waals surface area contributed by atoms with Crippen LogP contribution < -0.4 is 0 Å². The quantitative estimate of drug-likeness (QED) is 0.423. The predicted molar refractivity (Wildman–Crippen MR) is 41.6 cm³/mol. The molecule has 0 aromatic heterocycles. The van der Waals surface area contributed by atoms with E-state index in [4.69, 9.17) is 4.74 Å². The summed E-state index contributed by atoms with van der Waals surface area (Å²) in [6.07, 6.45) is 0. The summed E-state index contributed by atoms with van der Waals surface area (Å²) >= 11 is 1.87. The van der Waals surface area contributed by atoms with E-state index in [0.717, 1.165) is 26.3 Å². The zero-order valence-electron chi connectivity index (χ0n) is 5.95. The number of ether oxygens (including phenoxy) is 1. The van der Waals surface area contributed by atoms with Gasteiger partial charge in [0.25, 0.3) is 0 Å². The highest BCUT2D eigenvalue weighted by molar-refractivity contribution is 7.94. The van der Waals surface area contributed by atoms with Crippen LogP contribution in [-0.4, -0.2) is 48.0 Å². The first-order valence-electron chi connectivity index (χ1n) is 3.71. The van der Waals surface area contributed by atoms with Gasteiger partial charge >= 0.3 is 0 Å². The van der Waals surface area contributed by atoms with Gasteiger partial charge in [0.2, 0.25) is 0 Å². The third-order valence-corrected chi connectivity index (χ3v) is 2.80. The van der Waals surface area contributed by atoms with Gasteiger partial charge in [0, 0.05) is 38.3 Å². The van der Waals surface area contributed by atoms with Crippen molar-refractivity contribution in [3.63, 3.8) is 0 Å². The molecule has 0 aromatic carbocycles. The Labute approximate surface area is 65.6 Å². The average Bonchev–Trinajstić information content (AvgIpc) is 2.74. The zero-order valence-corrected chi connectivity index (χ0v) is 6.77. The number of hydrogen-bond acceptors (Lipinski definition) is 4. The molecule has 0 spiro atoms. The lowest BCUT2D eigenvalue weighted by molar-refractivity contribution is 0.0766. The molecule has 10 heavy (non-hydrogen) atoms. The maximum absolute atomic E-state index is 5.23. The Morgan fingerprint density at radius 3 is 2.10 bits per heavy atom. The molecular formula is C6H12N2OS. The Bertz CT molecular complexity index is 112. The van der Waals surface area contributed by atoms with Crippen molar-refractivity contribution in [1.82, 2.24) is 8.61 Å². The molecule has 0 radical (unpaired) electrons. The van der Waals surface area contributed by atoms with Gasteiger partial charge in [0.15, 0.2) is 0 Å². The Morgan fingerprint density at radius 2 is 1.50 bits per heavy atom. The second kappa shape index (κ2) is 3.09. The SMILES string of the molecule is C1CN(SN2CC2)CCO1. The van der Waals surface area contributed by atoms with E-state index < -0.39 is 0 Å². The summed E-state index contributed by atoms with van der Waals surface area (Å²) < 4.78 is 9.95. The molecule has 2 fully saturated rings. The molecule has 0 aliphatic carbocycles. The zero-order chi connectivity index (χ0) is 6.81. The van der Waals surface area contributed by atoms with E-state index in [2.05, 4.69) is 8.61 Å². The van der Waals surface area contributed by atoms with Crippen molar-refractivity contribution in [2.45, 2.75) is 0 Å². The predicted octanol–water partition coefficient (Wildman–Crippen LogP) is 0.197. The number of morpholine rings is 1. The molecular weight excluding hydrogens is 148 g/mol. The van der Waals surface area contributed by atoms with Gasteiger partial charge < -0.3 is 4.74 Å². The van der Waals surface area contributed by atoms with Crippen LogP contribution in [0.4, 0.5) is 0 Å². The maximum Gasteiger partial charge on any atom is 0.0603 e. The summed E-state index contributed by atoms with van der Waals surface area (Å²) in [6, 6.07) is 0. The molecule has 0 atom stereocenters. The first kappa shape index (κ1) is 6.91. The molecule has 0 bridgehead atoms. The van der Waals surface area contributed by atoms with Crippen LogP contribution in [0.2, 0.25) is 0 Å². The third-order valence-electron chi connectivity index (χ3n) is 1.61. The molecule has 0 N–H and O–H groups in total. The number of nitrogens with zero attached hydrogens (tertiary/aromatic N) is 2. The van der Waals surface area contributed by atoms with Crippen LogP contribution >= 0.6 is 12.1 Å². The van der Waals surface area contributed by atoms with Crippen LogP contribution in [-0.2, 0) is 4.74 Å². The van der Waals surface area contributed by atoms with Crippen LogP contribution in [0, 0.1) is 0 Å². The van der Waals surface area contributed by atoms with E-state index in [0.29, 0.717) is 0 Å². The molecule has 3 nitrogen and oxygen atoms in total. The molecule has 58 valence electrons. The summed E-state index contributed by atoms with van der Waals surface area (Å²) in [6.45, 7) is 6.51. The Hall–Kier alpha value is 0.230. The van der Waals surface area contributed by atoms with Gasteiger partial charge in [0.05, 0.1) is 13.2 Å². The fraction of sp³-hybridized carbons (Fsp3) is 1.00. The Kier molecular flexibility index (Phi) is 2.13. The largest absolute Gasteiger partial charge is 0.379 e. The van der Waals surface area contributed by atoms with Crippen molar-refractivity contribution in [2.24, 2.45) is 0 Å². The molecule has 2 saturated heterocycles. The highest BCUT2D eigenvalue weighted by Gasteiger charge is 2.22. The van der Waals surface area contributed by atoms with Crippen LogP contribution in [0.3, 0.4) is 0 Å². The first-order chi connectivity index (χ1) is 4.95. The summed E-state index contributed by atoms with van der Waals surface area (Å²) in [5.74, 6) is 0. The summed E-state index contributed by atoms with van der Waals surface area (Å²) in [5.41, 5.74) is 0. The minimum absolute atomic E-state index is 0.904. The molecule has 2 rings (SSSR count). The van der Waals surface area contributed by atoms with Crippen molar-refractivity contribution in [2.75, 3.05) is 39.4 Å². The molecule has 2 heterocycles. The minimum Gasteiger partial charge on any atom is -0.379 e.